The summed E-state index contributed by atoms with van der Waals surface area (Å²) in [6, 6.07) is 4.35. The predicted molar refractivity (Wildman–Crippen MR) is 73.3 cm³/mol. The number of carbonyl (C=O) groups excluding carboxylic acids is 1. The number of nitrogens with one attached hydrogen (secondary N) is 1. The summed E-state index contributed by atoms with van der Waals surface area (Å²) in [4.78, 5) is 23.2. The van der Waals surface area contributed by atoms with Crippen molar-refractivity contribution in [3.05, 3.63) is 44.3 Å². The first-order chi connectivity index (χ1) is 9.45. The van der Waals surface area contributed by atoms with Crippen LogP contribution in [-0.4, -0.2) is 28.4 Å². The normalized spacial score (nSPS) is 10.3. The van der Waals surface area contributed by atoms with E-state index in [2.05, 4.69) is 14.9 Å². The van der Waals surface area contributed by atoms with E-state index < -0.39 is 23.0 Å². The van der Waals surface area contributed by atoms with Gasteiger partial charge in [0.15, 0.2) is 5.75 Å². The van der Waals surface area contributed by atoms with Crippen LogP contribution < -0.4 is 5.56 Å². The largest absolute Gasteiger partial charge is 0.505 e. The maximum absolute atomic E-state index is 11.8. The Morgan fingerprint density at radius 2 is 2.05 bits per heavy atom. The Hall–Kier alpha value is -2.05. The molecule has 0 radical (unpaired) electrons. The van der Waals surface area contributed by atoms with E-state index in [0.29, 0.717) is 10.6 Å². The maximum atomic E-state index is 11.8. The van der Waals surface area contributed by atoms with Crippen LogP contribution in [-0.2, 0) is 4.74 Å². The van der Waals surface area contributed by atoms with Crippen molar-refractivity contribution in [1.82, 2.24) is 10.2 Å². The number of aromatic hydroxyl groups is 1. The molecule has 0 aliphatic carbocycles. The summed E-state index contributed by atoms with van der Waals surface area (Å²) in [6.45, 7) is 0. The lowest BCUT2D eigenvalue weighted by molar-refractivity contribution is 0.0589. The van der Waals surface area contributed by atoms with Gasteiger partial charge < -0.3 is 9.84 Å². The monoisotopic (exact) mass is 314 g/mol. The molecule has 2 N–H and O–H groups in total. The molecule has 2 rings (SSSR count). The molecule has 20 heavy (non-hydrogen) atoms. The highest BCUT2D eigenvalue weighted by Crippen LogP contribution is 2.32. The van der Waals surface area contributed by atoms with E-state index in [-0.39, 0.29) is 10.6 Å². The summed E-state index contributed by atoms with van der Waals surface area (Å²) < 4.78 is 4.46. The van der Waals surface area contributed by atoms with Gasteiger partial charge in [-0.1, -0.05) is 29.3 Å². The number of aromatic nitrogens is 2. The van der Waals surface area contributed by atoms with Crippen LogP contribution in [0.15, 0.2) is 23.0 Å². The van der Waals surface area contributed by atoms with Crippen LogP contribution >= 0.6 is 23.2 Å². The number of benzene rings is 1. The summed E-state index contributed by atoms with van der Waals surface area (Å²) in [7, 11) is 1.13. The summed E-state index contributed by atoms with van der Waals surface area (Å²) in [5, 5.41) is 16.1. The lowest BCUT2D eigenvalue weighted by Crippen LogP contribution is -2.16. The van der Waals surface area contributed by atoms with Gasteiger partial charge in [-0.05, 0) is 17.7 Å². The number of ether oxygens (including phenoxy) is 1. The van der Waals surface area contributed by atoms with Crippen LogP contribution in [0.2, 0.25) is 10.0 Å². The van der Waals surface area contributed by atoms with Gasteiger partial charge in [-0.15, -0.1) is 0 Å². The Morgan fingerprint density at radius 3 is 2.65 bits per heavy atom. The minimum absolute atomic E-state index is 0.140. The maximum Gasteiger partial charge on any atom is 0.362 e. The molecule has 1 heterocycles. The summed E-state index contributed by atoms with van der Waals surface area (Å²) in [6.07, 6.45) is 0. The summed E-state index contributed by atoms with van der Waals surface area (Å²) in [5.41, 5.74) is -0.911. The number of halogens is 2. The highest BCUT2D eigenvalue weighted by atomic mass is 35.5. The number of aromatic amines is 1. The third-order valence-electron chi connectivity index (χ3n) is 2.54. The van der Waals surface area contributed by atoms with Crippen LogP contribution in [0.1, 0.15) is 10.5 Å². The third-order valence-corrected chi connectivity index (χ3v) is 3.28. The van der Waals surface area contributed by atoms with Gasteiger partial charge in [0, 0.05) is 0 Å². The molecule has 1 aromatic heterocycles. The molecule has 0 bridgehead atoms. The molecule has 0 atom stereocenters. The lowest BCUT2D eigenvalue weighted by atomic mass is 10.1. The fourth-order valence-corrected chi connectivity index (χ4v) is 1.90. The minimum atomic E-state index is -0.875. The molecule has 1 aromatic carbocycles. The van der Waals surface area contributed by atoms with Gasteiger partial charge in [0.25, 0.3) is 5.56 Å². The SMILES string of the molecule is COC(=O)c1n[nH]c(=O)c(-c2ccc(Cl)c(Cl)c2)c1O. The molecule has 0 spiro atoms. The van der Waals surface area contributed by atoms with Crippen molar-refractivity contribution in [3.63, 3.8) is 0 Å². The van der Waals surface area contributed by atoms with Gasteiger partial charge >= 0.3 is 5.97 Å². The molecule has 104 valence electrons. The zero-order valence-electron chi connectivity index (χ0n) is 10.1. The Bertz CT molecular complexity index is 743. The number of H-pyrrole nitrogens is 1. The van der Waals surface area contributed by atoms with E-state index in [0.717, 1.165) is 7.11 Å². The fourth-order valence-electron chi connectivity index (χ4n) is 1.60. The number of nitrogens with zero attached hydrogens (tertiary/aromatic N) is 1. The summed E-state index contributed by atoms with van der Waals surface area (Å²) >= 11 is 11.6. The first-order valence-electron chi connectivity index (χ1n) is 5.31. The second-order valence-corrected chi connectivity index (χ2v) is 4.56. The van der Waals surface area contributed by atoms with Crippen LogP contribution in [0, 0.1) is 0 Å². The van der Waals surface area contributed by atoms with Gasteiger partial charge in [-0.2, -0.15) is 5.10 Å². The predicted octanol–water partition coefficient (Wildman–Crippen LogP) is 2.24. The smallest absolute Gasteiger partial charge is 0.362 e. The molecule has 0 aliphatic rings. The average Bonchev–Trinajstić information content (AvgIpc) is 2.42. The fraction of sp³-hybridized carbons (Fsp3) is 0.0833. The molecule has 6 nitrogen and oxygen atoms in total. The van der Waals surface area contributed by atoms with E-state index in [1.165, 1.54) is 18.2 Å². The van der Waals surface area contributed by atoms with Gasteiger partial charge in [-0.3, -0.25) is 4.79 Å². The van der Waals surface area contributed by atoms with Crippen LogP contribution in [0.4, 0.5) is 0 Å². The molecular weight excluding hydrogens is 307 g/mol. The van der Waals surface area contributed by atoms with Crippen molar-refractivity contribution in [2.75, 3.05) is 7.11 Å². The number of hydrogen-bond donors (Lipinski definition) is 2. The number of carbonyl (C=O) groups is 1. The molecule has 0 fully saturated rings. The van der Waals surface area contributed by atoms with Crippen molar-refractivity contribution in [3.8, 4) is 16.9 Å². The van der Waals surface area contributed by atoms with E-state index in [1.54, 1.807) is 0 Å². The second-order valence-electron chi connectivity index (χ2n) is 3.75. The zero-order valence-corrected chi connectivity index (χ0v) is 11.6. The van der Waals surface area contributed by atoms with Crippen molar-refractivity contribution in [1.29, 1.82) is 0 Å². The van der Waals surface area contributed by atoms with Crippen molar-refractivity contribution >= 4 is 29.2 Å². The van der Waals surface area contributed by atoms with Gasteiger partial charge in [0.05, 0.1) is 22.7 Å². The quantitative estimate of drug-likeness (QED) is 0.829. The Balaban J connectivity index is 2.70. The highest BCUT2D eigenvalue weighted by molar-refractivity contribution is 6.42. The molecule has 0 amide bonds. The van der Waals surface area contributed by atoms with Gasteiger partial charge in [0.2, 0.25) is 5.69 Å². The Labute approximate surface area is 122 Å². The third kappa shape index (κ3) is 2.48. The number of hydrogen-bond acceptors (Lipinski definition) is 5. The molecular formula is C12H8Cl2N2O4. The number of rotatable bonds is 2. The van der Waals surface area contributed by atoms with Gasteiger partial charge in [0.1, 0.15) is 0 Å². The van der Waals surface area contributed by atoms with Crippen molar-refractivity contribution in [2.45, 2.75) is 0 Å². The number of methoxy groups -OCH3 is 1. The molecule has 0 aliphatic heterocycles. The topological polar surface area (TPSA) is 92.3 Å². The van der Waals surface area contributed by atoms with E-state index in [1.807, 2.05) is 0 Å². The van der Waals surface area contributed by atoms with E-state index in [4.69, 9.17) is 23.2 Å². The highest BCUT2D eigenvalue weighted by Gasteiger charge is 2.21. The van der Waals surface area contributed by atoms with Crippen molar-refractivity contribution < 1.29 is 14.6 Å². The van der Waals surface area contributed by atoms with E-state index in [9.17, 15) is 14.7 Å². The standard InChI is InChI=1S/C12H8Cl2N2O4/c1-20-12(19)9-10(17)8(11(18)16-15-9)5-2-3-6(13)7(14)4-5/h2-4H,1H3,(H2,16,17,18). The Kier molecular flexibility index (Phi) is 3.96. The second kappa shape index (κ2) is 5.52. The van der Waals surface area contributed by atoms with Crippen LogP contribution in [0.5, 0.6) is 5.75 Å². The average molecular weight is 315 g/mol. The zero-order chi connectivity index (χ0) is 14.9. The number of esters is 1. The molecule has 8 heteroatoms. The Morgan fingerprint density at radius 1 is 1.35 bits per heavy atom. The van der Waals surface area contributed by atoms with E-state index >= 15 is 0 Å². The van der Waals surface area contributed by atoms with Crippen LogP contribution in [0.3, 0.4) is 0 Å². The first kappa shape index (κ1) is 14.4. The molecule has 0 unspecified atom stereocenters. The summed E-state index contributed by atoms with van der Waals surface area (Å²) in [5.74, 6) is -1.46. The molecule has 2 aromatic rings. The van der Waals surface area contributed by atoms with Crippen molar-refractivity contribution in [2.24, 2.45) is 0 Å². The first-order valence-corrected chi connectivity index (χ1v) is 6.06. The van der Waals surface area contributed by atoms with Crippen LogP contribution in [0.25, 0.3) is 11.1 Å². The lowest BCUT2D eigenvalue weighted by Gasteiger charge is -2.07. The molecule has 0 saturated carbocycles. The minimum Gasteiger partial charge on any atom is -0.505 e. The molecule has 0 saturated heterocycles. The van der Waals surface area contributed by atoms with Gasteiger partial charge in [-0.25, -0.2) is 9.89 Å².